The summed E-state index contributed by atoms with van der Waals surface area (Å²) in [5.41, 5.74) is 1.43. The number of hydrogen-bond donors (Lipinski definition) is 2. The molecule has 2 N–H and O–H groups in total. The molecule has 0 aromatic heterocycles. The summed E-state index contributed by atoms with van der Waals surface area (Å²) in [5.74, 6) is -2.80. The second kappa shape index (κ2) is 6.14. The quantitative estimate of drug-likeness (QED) is 0.882. The Kier molecular flexibility index (Phi) is 4.30. The summed E-state index contributed by atoms with van der Waals surface area (Å²) in [6.45, 7) is 0.226. The molecule has 0 radical (unpaired) electrons. The molecule has 5 heteroatoms. The number of anilines is 1. The molecule has 0 saturated carbocycles. The molecular formula is C15H13F2NO2. The van der Waals surface area contributed by atoms with Gasteiger partial charge in [-0.2, -0.15) is 0 Å². The summed E-state index contributed by atoms with van der Waals surface area (Å²) >= 11 is 0. The lowest BCUT2D eigenvalue weighted by molar-refractivity contribution is -0.136. The molecule has 0 bridgehead atoms. The van der Waals surface area contributed by atoms with E-state index in [0.717, 1.165) is 11.6 Å². The maximum atomic E-state index is 13.5. The highest BCUT2D eigenvalue weighted by molar-refractivity contribution is 5.70. The highest BCUT2D eigenvalue weighted by Crippen LogP contribution is 2.18. The van der Waals surface area contributed by atoms with Gasteiger partial charge in [-0.3, -0.25) is 4.79 Å². The predicted molar refractivity (Wildman–Crippen MR) is 71.5 cm³/mol. The van der Waals surface area contributed by atoms with Crippen molar-refractivity contribution in [3.63, 3.8) is 0 Å². The van der Waals surface area contributed by atoms with Gasteiger partial charge in [-0.15, -0.1) is 0 Å². The van der Waals surface area contributed by atoms with E-state index in [1.165, 1.54) is 12.1 Å². The van der Waals surface area contributed by atoms with E-state index >= 15 is 0 Å². The molecule has 2 aromatic rings. The number of carbonyl (C=O) groups is 1. The number of nitrogens with one attached hydrogen (secondary N) is 1. The number of benzene rings is 2. The van der Waals surface area contributed by atoms with Crippen LogP contribution in [-0.2, 0) is 17.8 Å². The Bertz CT molecular complexity index is 629. The highest BCUT2D eigenvalue weighted by Gasteiger charge is 2.09. The van der Waals surface area contributed by atoms with Gasteiger partial charge in [-0.05, 0) is 23.3 Å². The molecule has 2 rings (SSSR count). The topological polar surface area (TPSA) is 49.3 Å². The van der Waals surface area contributed by atoms with Crippen LogP contribution in [0, 0.1) is 11.6 Å². The third-order valence-electron chi connectivity index (χ3n) is 2.88. The van der Waals surface area contributed by atoms with E-state index in [4.69, 9.17) is 5.11 Å². The molecule has 0 amide bonds. The lowest BCUT2D eigenvalue weighted by Crippen LogP contribution is -2.08. The molecular weight excluding hydrogens is 264 g/mol. The van der Waals surface area contributed by atoms with Crippen LogP contribution in [0.1, 0.15) is 11.1 Å². The Morgan fingerprint density at radius 1 is 1.05 bits per heavy atom. The van der Waals surface area contributed by atoms with Crippen molar-refractivity contribution >= 4 is 11.7 Å². The van der Waals surface area contributed by atoms with Gasteiger partial charge in [0.05, 0.1) is 12.1 Å². The zero-order valence-electron chi connectivity index (χ0n) is 10.6. The Morgan fingerprint density at radius 2 is 1.75 bits per heavy atom. The molecule has 2 aromatic carbocycles. The molecule has 3 nitrogen and oxygen atoms in total. The van der Waals surface area contributed by atoms with E-state index < -0.39 is 17.6 Å². The Balaban J connectivity index is 2.15. The monoisotopic (exact) mass is 277 g/mol. The van der Waals surface area contributed by atoms with Gasteiger partial charge in [0, 0.05) is 6.54 Å². The molecule has 0 aliphatic rings. The molecule has 0 atom stereocenters. The first-order valence-electron chi connectivity index (χ1n) is 6.04. The number of aliphatic carboxylic acids is 1. The third kappa shape index (κ3) is 3.32. The van der Waals surface area contributed by atoms with Crippen molar-refractivity contribution in [3.8, 4) is 0 Å². The van der Waals surface area contributed by atoms with Crippen molar-refractivity contribution in [1.29, 1.82) is 0 Å². The van der Waals surface area contributed by atoms with Gasteiger partial charge >= 0.3 is 5.97 Å². The van der Waals surface area contributed by atoms with Crippen LogP contribution in [-0.4, -0.2) is 11.1 Å². The van der Waals surface area contributed by atoms with Gasteiger partial charge in [0.2, 0.25) is 0 Å². The Morgan fingerprint density at radius 3 is 2.45 bits per heavy atom. The van der Waals surface area contributed by atoms with Crippen LogP contribution in [0.4, 0.5) is 14.5 Å². The molecule has 0 spiro atoms. The smallest absolute Gasteiger partial charge is 0.307 e. The van der Waals surface area contributed by atoms with Gasteiger partial charge in [-0.1, -0.05) is 30.3 Å². The van der Waals surface area contributed by atoms with Crippen molar-refractivity contribution in [3.05, 3.63) is 65.2 Å². The van der Waals surface area contributed by atoms with E-state index in [1.54, 1.807) is 24.3 Å². The number of halogens is 2. The summed E-state index contributed by atoms with van der Waals surface area (Å²) in [5, 5.41) is 11.6. The van der Waals surface area contributed by atoms with Crippen LogP contribution in [0.15, 0.2) is 42.5 Å². The Hall–Kier alpha value is -2.43. The lowest BCUT2D eigenvalue weighted by Gasteiger charge is -2.11. The van der Waals surface area contributed by atoms with Gasteiger partial charge in [0.15, 0.2) is 11.6 Å². The van der Waals surface area contributed by atoms with Crippen molar-refractivity contribution in [2.75, 3.05) is 5.32 Å². The average Bonchev–Trinajstić information content (AvgIpc) is 2.41. The summed E-state index contributed by atoms with van der Waals surface area (Å²) in [7, 11) is 0. The fourth-order valence-corrected chi connectivity index (χ4v) is 1.90. The summed E-state index contributed by atoms with van der Waals surface area (Å²) in [4.78, 5) is 10.8. The maximum absolute atomic E-state index is 13.5. The molecule has 104 valence electrons. The minimum Gasteiger partial charge on any atom is -0.481 e. The number of carboxylic acid groups (broad SMARTS) is 1. The van der Waals surface area contributed by atoms with Crippen LogP contribution >= 0.6 is 0 Å². The normalized spacial score (nSPS) is 10.3. The zero-order valence-corrected chi connectivity index (χ0v) is 10.6. The highest BCUT2D eigenvalue weighted by atomic mass is 19.2. The summed E-state index contributed by atoms with van der Waals surface area (Å²) in [6.07, 6.45) is -0.108. The lowest BCUT2D eigenvalue weighted by atomic mass is 10.0. The first-order valence-corrected chi connectivity index (χ1v) is 6.04. The predicted octanol–water partition coefficient (Wildman–Crippen LogP) is 3.20. The average molecular weight is 277 g/mol. The van der Waals surface area contributed by atoms with Crippen LogP contribution in [0.25, 0.3) is 0 Å². The molecule has 0 heterocycles. The van der Waals surface area contributed by atoms with Crippen molar-refractivity contribution in [1.82, 2.24) is 0 Å². The minimum absolute atomic E-state index is 0.0510. The second-order valence-electron chi connectivity index (χ2n) is 4.29. The SMILES string of the molecule is O=C(O)Cc1ccccc1CNc1cccc(F)c1F. The molecule has 0 saturated heterocycles. The molecule has 0 unspecified atom stereocenters. The van der Waals surface area contributed by atoms with E-state index in [1.807, 2.05) is 0 Å². The van der Waals surface area contributed by atoms with Crippen LogP contribution in [0.3, 0.4) is 0 Å². The minimum atomic E-state index is -0.941. The maximum Gasteiger partial charge on any atom is 0.307 e. The van der Waals surface area contributed by atoms with E-state index in [0.29, 0.717) is 5.56 Å². The first kappa shape index (κ1) is 14.0. The van der Waals surface area contributed by atoms with E-state index in [-0.39, 0.29) is 18.7 Å². The van der Waals surface area contributed by atoms with E-state index in [2.05, 4.69) is 5.32 Å². The van der Waals surface area contributed by atoms with Crippen LogP contribution < -0.4 is 5.32 Å². The Labute approximate surface area is 114 Å². The molecule has 0 fully saturated rings. The standard InChI is InChI=1S/C15H13F2NO2/c16-12-6-3-7-13(15(12)17)18-9-11-5-2-1-4-10(11)8-14(19)20/h1-7,18H,8-9H2,(H,19,20). The van der Waals surface area contributed by atoms with Crippen LogP contribution in [0.5, 0.6) is 0 Å². The van der Waals surface area contributed by atoms with E-state index in [9.17, 15) is 13.6 Å². The second-order valence-corrected chi connectivity index (χ2v) is 4.29. The summed E-state index contributed by atoms with van der Waals surface area (Å²) in [6, 6.07) is 10.8. The number of hydrogen-bond acceptors (Lipinski definition) is 2. The fourth-order valence-electron chi connectivity index (χ4n) is 1.90. The molecule has 0 aliphatic heterocycles. The molecule has 0 aliphatic carbocycles. The van der Waals surface area contributed by atoms with Crippen LogP contribution in [0.2, 0.25) is 0 Å². The first-order chi connectivity index (χ1) is 9.58. The number of rotatable bonds is 5. The zero-order chi connectivity index (χ0) is 14.5. The van der Waals surface area contributed by atoms with Crippen molar-refractivity contribution < 1.29 is 18.7 Å². The number of carboxylic acids is 1. The van der Waals surface area contributed by atoms with Gasteiger partial charge < -0.3 is 10.4 Å². The van der Waals surface area contributed by atoms with Gasteiger partial charge in [0.1, 0.15) is 0 Å². The third-order valence-corrected chi connectivity index (χ3v) is 2.88. The largest absolute Gasteiger partial charge is 0.481 e. The summed E-state index contributed by atoms with van der Waals surface area (Å²) < 4.78 is 26.5. The van der Waals surface area contributed by atoms with Crippen molar-refractivity contribution in [2.24, 2.45) is 0 Å². The fraction of sp³-hybridized carbons (Fsp3) is 0.133. The van der Waals surface area contributed by atoms with Gasteiger partial charge in [-0.25, -0.2) is 8.78 Å². The van der Waals surface area contributed by atoms with Crippen molar-refractivity contribution in [2.45, 2.75) is 13.0 Å². The molecule has 20 heavy (non-hydrogen) atoms. The van der Waals surface area contributed by atoms with Gasteiger partial charge in [0.25, 0.3) is 0 Å².